The van der Waals surface area contributed by atoms with Gasteiger partial charge in [0.2, 0.25) is 5.01 Å². The minimum absolute atomic E-state index is 0.212. The molecule has 0 N–H and O–H groups in total. The first-order chi connectivity index (χ1) is 13.3. The molecule has 0 aromatic carbocycles. The Morgan fingerprint density at radius 1 is 1.36 bits per heavy atom. The van der Waals surface area contributed by atoms with E-state index in [0.29, 0.717) is 35.4 Å². The molecule has 10 heteroatoms. The van der Waals surface area contributed by atoms with Gasteiger partial charge in [0.25, 0.3) is 0 Å². The number of aromatic nitrogens is 4. The van der Waals surface area contributed by atoms with E-state index < -0.39 is 14.0 Å². The molecule has 0 aliphatic heterocycles. The van der Waals surface area contributed by atoms with Gasteiger partial charge in [-0.1, -0.05) is 31.2 Å². The summed E-state index contributed by atoms with van der Waals surface area (Å²) < 4.78 is 17.1. The fraction of sp³-hybridized carbons (Fsp3) is 0.444. The van der Waals surface area contributed by atoms with Crippen LogP contribution in [0.5, 0.6) is 0 Å². The Balaban J connectivity index is 1.90. The van der Waals surface area contributed by atoms with Crippen molar-refractivity contribution in [2.24, 2.45) is 0 Å². The van der Waals surface area contributed by atoms with E-state index in [1.54, 1.807) is 19.2 Å². The van der Waals surface area contributed by atoms with E-state index in [1.807, 2.05) is 10.8 Å². The maximum atomic E-state index is 11.9. The SMILES string of the molecule is CCOC(=O)c1nc(-c2cn(COCC[Si](C)(C)C)c3nccc(Cl)c23)ns1. The van der Waals surface area contributed by atoms with E-state index in [9.17, 15) is 4.79 Å². The minimum Gasteiger partial charge on any atom is -0.461 e. The van der Waals surface area contributed by atoms with Gasteiger partial charge in [-0.05, 0) is 30.6 Å². The molecule has 3 heterocycles. The van der Waals surface area contributed by atoms with Crippen LogP contribution in [0.25, 0.3) is 22.4 Å². The van der Waals surface area contributed by atoms with Crippen molar-refractivity contribution in [3.05, 3.63) is 28.5 Å². The highest BCUT2D eigenvalue weighted by Gasteiger charge is 2.21. The van der Waals surface area contributed by atoms with Crippen LogP contribution in [0.1, 0.15) is 16.7 Å². The van der Waals surface area contributed by atoms with E-state index >= 15 is 0 Å². The smallest absolute Gasteiger partial charge is 0.369 e. The van der Waals surface area contributed by atoms with Crippen LogP contribution in [0.3, 0.4) is 0 Å². The lowest BCUT2D eigenvalue weighted by atomic mass is 10.2. The number of hydrogen-bond acceptors (Lipinski definition) is 7. The molecular weight excluding hydrogens is 416 g/mol. The monoisotopic (exact) mass is 438 g/mol. The molecule has 0 saturated heterocycles. The highest BCUT2D eigenvalue weighted by atomic mass is 35.5. The second-order valence-corrected chi connectivity index (χ2v) is 14.3. The summed E-state index contributed by atoms with van der Waals surface area (Å²) in [6.07, 6.45) is 3.53. The Labute approximate surface area is 173 Å². The Kier molecular flexibility index (Phi) is 6.49. The quantitative estimate of drug-likeness (QED) is 0.288. The standard InChI is InChI=1S/C18H23ClN4O3SSi/c1-5-26-18(24)17-21-15(22-27-17)12-10-23(11-25-8-9-28(2,3)4)16-14(12)13(19)6-7-20-16/h6-7,10H,5,8-9,11H2,1-4H3. The maximum absolute atomic E-state index is 11.9. The Morgan fingerprint density at radius 2 is 2.14 bits per heavy atom. The molecule has 0 fully saturated rings. The number of ether oxygens (including phenoxy) is 2. The van der Waals surface area contributed by atoms with Gasteiger partial charge in [0.15, 0.2) is 5.82 Å². The van der Waals surface area contributed by atoms with Crippen LogP contribution in [0, 0.1) is 0 Å². The first-order valence-corrected chi connectivity index (χ1v) is 13.9. The van der Waals surface area contributed by atoms with Crippen LogP contribution in [0.2, 0.25) is 30.7 Å². The zero-order valence-corrected chi connectivity index (χ0v) is 18.9. The minimum atomic E-state index is -1.15. The summed E-state index contributed by atoms with van der Waals surface area (Å²) in [6.45, 7) is 10.1. The molecule has 0 radical (unpaired) electrons. The summed E-state index contributed by atoms with van der Waals surface area (Å²) in [5.41, 5.74) is 1.41. The van der Waals surface area contributed by atoms with Crippen LogP contribution < -0.4 is 0 Å². The number of fused-ring (bicyclic) bond motifs is 1. The van der Waals surface area contributed by atoms with Gasteiger partial charge in [0, 0.05) is 38.0 Å². The summed E-state index contributed by atoms with van der Waals surface area (Å²) >= 11 is 7.44. The number of carbonyl (C=O) groups excluding carboxylic acids is 1. The molecule has 3 aromatic heterocycles. The Morgan fingerprint density at radius 3 is 2.86 bits per heavy atom. The van der Waals surface area contributed by atoms with Gasteiger partial charge >= 0.3 is 5.97 Å². The van der Waals surface area contributed by atoms with Crippen molar-refractivity contribution in [1.82, 2.24) is 18.9 Å². The van der Waals surface area contributed by atoms with Gasteiger partial charge in [-0.3, -0.25) is 0 Å². The molecule has 0 aliphatic rings. The summed E-state index contributed by atoms with van der Waals surface area (Å²) in [5.74, 6) is -0.0531. The third-order valence-electron chi connectivity index (χ3n) is 4.05. The third-order valence-corrected chi connectivity index (χ3v) is 6.76. The van der Waals surface area contributed by atoms with Gasteiger partial charge in [0.05, 0.1) is 11.6 Å². The van der Waals surface area contributed by atoms with Crippen LogP contribution >= 0.6 is 23.1 Å². The molecule has 0 unspecified atom stereocenters. The van der Waals surface area contributed by atoms with Gasteiger partial charge < -0.3 is 14.0 Å². The number of carbonyl (C=O) groups is 1. The van der Waals surface area contributed by atoms with Crippen LogP contribution in [0.4, 0.5) is 0 Å². The second kappa shape index (κ2) is 8.69. The lowest BCUT2D eigenvalue weighted by molar-refractivity contribution is 0.0526. The lowest BCUT2D eigenvalue weighted by Crippen LogP contribution is -2.22. The number of hydrogen-bond donors (Lipinski definition) is 0. The maximum Gasteiger partial charge on any atom is 0.369 e. The largest absolute Gasteiger partial charge is 0.461 e. The molecule has 0 atom stereocenters. The summed E-state index contributed by atoms with van der Waals surface area (Å²) in [6, 6.07) is 2.81. The summed E-state index contributed by atoms with van der Waals surface area (Å²) in [4.78, 5) is 20.7. The van der Waals surface area contributed by atoms with Crippen LogP contribution in [0.15, 0.2) is 18.5 Å². The number of pyridine rings is 1. The van der Waals surface area contributed by atoms with Gasteiger partial charge in [-0.25, -0.2) is 14.8 Å². The van der Waals surface area contributed by atoms with Crippen molar-refractivity contribution in [1.29, 1.82) is 0 Å². The average molecular weight is 439 g/mol. The van der Waals surface area contributed by atoms with E-state index in [0.717, 1.165) is 23.0 Å². The van der Waals surface area contributed by atoms with Crippen molar-refractivity contribution >= 4 is 48.2 Å². The predicted molar refractivity (Wildman–Crippen MR) is 114 cm³/mol. The molecule has 150 valence electrons. The van der Waals surface area contributed by atoms with Crippen molar-refractivity contribution in [2.45, 2.75) is 39.3 Å². The van der Waals surface area contributed by atoms with E-state index in [4.69, 9.17) is 21.1 Å². The predicted octanol–water partition coefficient (Wildman–Crippen LogP) is 4.70. The highest BCUT2D eigenvalue weighted by Crippen LogP contribution is 2.33. The number of nitrogens with zero attached hydrogens (tertiary/aromatic N) is 4. The zero-order valence-electron chi connectivity index (χ0n) is 16.4. The van der Waals surface area contributed by atoms with E-state index in [-0.39, 0.29) is 11.6 Å². The number of rotatable bonds is 8. The first-order valence-electron chi connectivity index (χ1n) is 9.02. The summed E-state index contributed by atoms with van der Waals surface area (Å²) in [7, 11) is -1.15. The number of halogens is 1. The molecule has 28 heavy (non-hydrogen) atoms. The fourth-order valence-electron chi connectivity index (χ4n) is 2.59. The summed E-state index contributed by atoms with van der Waals surface area (Å²) in [5, 5.41) is 1.50. The molecule has 0 spiro atoms. The lowest BCUT2D eigenvalue weighted by Gasteiger charge is -2.15. The molecular formula is C18H23ClN4O3SSi. The molecule has 7 nitrogen and oxygen atoms in total. The van der Waals surface area contributed by atoms with Gasteiger partial charge in [-0.15, -0.1) is 0 Å². The Bertz CT molecular complexity index is 983. The normalized spacial score (nSPS) is 11.9. The molecule has 3 aromatic rings. The Hall–Kier alpha value is -1.81. The van der Waals surface area contributed by atoms with Crippen molar-refractivity contribution < 1.29 is 14.3 Å². The molecule has 0 saturated carbocycles. The molecule has 0 bridgehead atoms. The van der Waals surface area contributed by atoms with Crippen molar-refractivity contribution in [3.8, 4) is 11.4 Å². The van der Waals surface area contributed by atoms with Crippen LogP contribution in [-0.2, 0) is 16.2 Å². The molecule has 3 rings (SSSR count). The zero-order chi connectivity index (χ0) is 20.3. The van der Waals surface area contributed by atoms with Crippen molar-refractivity contribution in [2.75, 3.05) is 13.2 Å². The third kappa shape index (κ3) is 4.77. The van der Waals surface area contributed by atoms with Crippen LogP contribution in [-0.4, -0.2) is 46.2 Å². The van der Waals surface area contributed by atoms with E-state index in [1.165, 1.54) is 0 Å². The van der Waals surface area contributed by atoms with Gasteiger partial charge in [-0.2, -0.15) is 4.37 Å². The second-order valence-electron chi connectivity index (χ2n) is 7.50. The van der Waals surface area contributed by atoms with Crippen molar-refractivity contribution in [3.63, 3.8) is 0 Å². The topological polar surface area (TPSA) is 79.1 Å². The van der Waals surface area contributed by atoms with E-state index in [2.05, 4.69) is 34.0 Å². The number of esters is 1. The molecule has 0 amide bonds. The average Bonchev–Trinajstić information content (AvgIpc) is 3.24. The fourth-order valence-corrected chi connectivity index (χ4v) is 4.17. The first kappa shape index (κ1) is 20.9. The molecule has 0 aliphatic carbocycles. The van der Waals surface area contributed by atoms with Gasteiger partial charge in [0.1, 0.15) is 12.4 Å². The highest BCUT2D eigenvalue weighted by molar-refractivity contribution is 7.07.